The van der Waals surface area contributed by atoms with Crippen LogP contribution in [0.1, 0.15) is 36.1 Å². The Morgan fingerprint density at radius 3 is 2.68 bits per heavy atom. The summed E-state index contributed by atoms with van der Waals surface area (Å²) in [6, 6.07) is 3.37. The molecule has 0 unspecified atom stereocenters. The molecule has 3 heterocycles. The number of carbonyl (C=O) groups excluding carboxylic acids is 1. The fourth-order valence-corrected chi connectivity index (χ4v) is 3.88. The summed E-state index contributed by atoms with van der Waals surface area (Å²) < 4.78 is 1.78. The Morgan fingerprint density at radius 2 is 2.08 bits per heavy atom. The number of nitrogens with zero attached hydrogens (tertiary/aromatic N) is 4. The minimum Gasteiger partial charge on any atom is -0.296 e. The van der Waals surface area contributed by atoms with Gasteiger partial charge in [-0.2, -0.15) is 5.10 Å². The van der Waals surface area contributed by atoms with Crippen LogP contribution in [0.15, 0.2) is 22.9 Å². The number of hydrogen-bond donors (Lipinski definition) is 1. The number of carbonyl (C=O) groups is 1. The predicted molar refractivity (Wildman–Crippen MR) is 97.4 cm³/mol. The van der Waals surface area contributed by atoms with Crippen LogP contribution >= 0.6 is 22.7 Å². The zero-order valence-electron chi connectivity index (χ0n) is 13.7. The molecule has 10 heteroatoms. The summed E-state index contributed by atoms with van der Waals surface area (Å²) in [6.07, 6.45) is 0. The van der Waals surface area contributed by atoms with E-state index in [1.165, 1.54) is 34.1 Å². The van der Waals surface area contributed by atoms with Crippen LogP contribution in [0.3, 0.4) is 0 Å². The van der Waals surface area contributed by atoms with Crippen molar-refractivity contribution in [2.24, 2.45) is 0 Å². The quantitative estimate of drug-likeness (QED) is 0.532. The number of rotatable bonds is 5. The molecule has 0 fully saturated rings. The highest BCUT2D eigenvalue weighted by Gasteiger charge is 2.17. The molecule has 0 saturated heterocycles. The van der Waals surface area contributed by atoms with Crippen LogP contribution in [-0.2, 0) is 0 Å². The molecule has 0 saturated carbocycles. The predicted octanol–water partition coefficient (Wildman–Crippen LogP) is 4.12. The van der Waals surface area contributed by atoms with Gasteiger partial charge in [0.05, 0.1) is 20.9 Å². The van der Waals surface area contributed by atoms with Gasteiger partial charge in [-0.25, -0.2) is 4.98 Å². The number of thiazole rings is 1. The molecule has 3 rings (SSSR count). The second-order valence-electron chi connectivity index (χ2n) is 5.63. The van der Waals surface area contributed by atoms with Crippen molar-refractivity contribution in [3.05, 3.63) is 44.4 Å². The third-order valence-electron chi connectivity index (χ3n) is 3.42. The van der Waals surface area contributed by atoms with Gasteiger partial charge in [0.15, 0.2) is 10.8 Å². The van der Waals surface area contributed by atoms with E-state index in [9.17, 15) is 14.9 Å². The third kappa shape index (κ3) is 3.59. The van der Waals surface area contributed by atoms with E-state index >= 15 is 0 Å². The molecule has 0 aliphatic rings. The van der Waals surface area contributed by atoms with E-state index in [2.05, 4.69) is 15.4 Å². The molecule has 8 nitrogen and oxygen atoms in total. The standard InChI is InChI=1S/C15H15N5O3S2/c1-8(2)19-9(3)4-11(18-19)14(21)17-15-16-12(7-25-15)13-5-10(6-24-13)20(22)23/h4-8H,1-3H3,(H,16,17,21). The summed E-state index contributed by atoms with van der Waals surface area (Å²) in [5.41, 5.74) is 1.87. The van der Waals surface area contributed by atoms with Crippen molar-refractivity contribution in [1.29, 1.82) is 0 Å². The zero-order chi connectivity index (χ0) is 18.1. The summed E-state index contributed by atoms with van der Waals surface area (Å²) in [5, 5.41) is 21.4. The molecule has 0 atom stereocenters. The largest absolute Gasteiger partial charge is 0.296 e. The summed E-state index contributed by atoms with van der Waals surface area (Å²) in [7, 11) is 0. The molecule has 1 amide bonds. The van der Waals surface area contributed by atoms with Crippen molar-refractivity contribution < 1.29 is 9.72 Å². The molecular weight excluding hydrogens is 362 g/mol. The first-order valence-electron chi connectivity index (χ1n) is 7.41. The van der Waals surface area contributed by atoms with Crippen LogP contribution in [0.25, 0.3) is 10.6 Å². The second-order valence-corrected chi connectivity index (χ2v) is 7.40. The molecule has 0 bridgehead atoms. The van der Waals surface area contributed by atoms with Crippen LogP contribution < -0.4 is 5.32 Å². The van der Waals surface area contributed by atoms with E-state index in [-0.39, 0.29) is 17.6 Å². The normalized spacial score (nSPS) is 11.0. The molecule has 130 valence electrons. The molecule has 3 aromatic heterocycles. The van der Waals surface area contributed by atoms with E-state index < -0.39 is 4.92 Å². The van der Waals surface area contributed by atoms with Gasteiger partial charge in [0.25, 0.3) is 11.6 Å². The molecule has 3 aromatic rings. The van der Waals surface area contributed by atoms with Crippen LogP contribution in [0.4, 0.5) is 10.8 Å². The van der Waals surface area contributed by atoms with Crippen molar-refractivity contribution in [1.82, 2.24) is 14.8 Å². The second kappa shape index (κ2) is 6.73. The number of aryl methyl sites for hydroxylation is 1. The zero-order valence-corrected chi connectivity index (χ0v) is 15.3. The van der Waals surface area contributed by atoms with E-state index in [1.54, 1.807) is 16.1 Å². The maximum Gasteiger partial charge on any atom is 0.280 e. The average Bonchev–Trinajstić information content (AvgIpc) is 3.24. The molecule has 0 aromatic carbocycles. The minimum atomic E-state index is -0.442. The van der Waals surface area contributed by atoms with Gasteiger partial charge in [-0.3, -0.25) is 24.9 Å². The molecule has 0 aliphatic heterocycles. The van der Waals surface area contributed by atoms with Gasteiger partial charge < -0.3 is 0 Å². The van der Waals surface area contributed by atoms with Gasteiger partial charge in [-0.05, 0) is 26.8 Å². The SMILES string of the molecule is Cc1cc(C(=O)Nc2nc(-c3cc([N+](=O)[O-])cs3)cs2)nn1C(C)C. The summed E-state index contributed by atoms with van der Waals surface area (Å²) in [4.78, 5) is 27.7. The number of aromatic nitrogens is 3. The Labute approximate surface area is 151 Å². The van der Waals surface area contributed by atoms with Crippen LogP contribution in [0, 0.1) is 17.0 Å². The number of amides is 1. The van der Waals surface area contributed by atoms with E-state index in [0.29, 0.717) is 21.4 Å². The van der Waals surface area contributed by atoms with Crippen LogP contribution in [-0.4, -0.2) is 25.6 Å². The number of thiophene rings is 1. The average molecular weight is 377 g/mol. The number of hydrogen-bond acceptors (Lipinski definition) is 7. The molecule has 0 spiro atoms. The lowest BCUT2D eigenvalue weighted by Crippen LogP contribution is -2.13. The highest BCUT2D eigenvalue weighted by molar-refractivity contribution is 7.16. The molecule has 25 heavy (non-hydrogen) atoms. The number of nitro groups is 1. The van der Waals surface area contributed by atoms with Crippen LogP contribution in [0.2, 0.25) is 0 Å². The maximum absolute atomic E-state index is 12.3. The highest BCUT2D eigenvalue weighted by atomic mass is 32.1. The summed E-state index contributed by atoms with van der Waals surface area (Å²) >= 11 is 2.50. The van der Waals surface area contributed by atoms with Crippen molar-refractivity contribution in [3.63, 3.8) is 0 Å². The van der Waals surface area contributed by atoms with Crippen LogP contribution in [0.5, 0.6) is 0 Å². The Kier molecular flexibility index (Phi) is 4.64. The topological polar surface area (TPSA) is 103 Å². The molecule has 1 N–H and O–H groups in total. The monoisotopic (exact) mass is 377 g/mol. The fourth-order valence-electron chi connectivity index (χ4n) is 2.28. The van der Waals surface area contributed by atoms with Crippen molar-refractivity contribution in [2.75, 3.05) is 5.32 Å². The molecular formula is C15H15N5O3S2. The smallest absolute Gasteiger partial charge is 0.280 e. The first kappa shape index (κ1) is 17.2. The van der Waals surface area contributed by atoms with Gasteiger partial charge in [0, 0.05) is 23.2 Å². The molecule has 0 radical (unpaired) electrons. The fraction of sp³-hybridized carbons (Fsp3) is 0.267. The lowest BCUT2D eigenvalue weighted by molar-refractivity contribution is -0.384. The number of anilines is 1. The lowest BCUT2D eigenvalue weighted by Gasteiger charge is -2.06. The number of nitrogens with one attached hydrogen (secondary N) is 1. The lowest BCUT2D eigenvalue weighted by atomic mass is 10.3. The van der Waals surface area contributed by atoms with Crippen molar-refractivity contribution >= 4 is 39.4 Å². The van der Waals surface area contributed by atoms with E-state index in [4.69, 9.17) is 0 Å². The van der Waals surface area contributed by atoms with Gasteiger partial charge in [0.1, 0.15) is 0 Å². The Balaban J connectivity index is 1.75. The first-order valence-corrected chi connectivity index (χ1v) is 9.17. The molecule has 0 aliphatic carbocycles. The van der Waals surface area contributed by atoms with Gasteiger partial charge in [0.2, 0.25) is 0 Å². The maximum atomic E-state index is 12.3. The third-order valence-corrected chi connectivity index (χ3v) is 5.12. The Bertz CT molecular complexity index is 941. The van der Waals surface area contributed by atoms with Gasteiger partial charge in [-0.1, -0.05) is 0 Å². The Morgan fingerprint density at radius 1 is 1.32 bits per heavy atom. The van der Waals surface area contributed by atoms with E-state index in [1.807, 2.05) is 20.8 Å². The minimum absolute atomic E-state index is 0.0354. The van der Waals surface area contributed by atoms with Crippen molar-refractivity contribution in [2.45, 2.75) is 26.8 Å². The summed E-state index contributed by atoms with van der Waals surface area (Å²) in [6.45, 7) is 5.89. The Hall–Kier alpha value is -2.59. The highest BCUT2D eigenvalue weighted by Crippen LogP contribution is 2.32. The summed E-state index contributed by atoms with van der Waals surface area (Å²) in [5.74, 6) is -0.333. The van der Waals surface area contributed by atoms with Gasteiger partial charge >= 0.3 is 0 Å². The van der Waals surface area contributed by atoms with E-state index in [0.717, 1.165) is 5.69 Å². The van der Waals surface area contributed by atoms with Gasteiger partial charge in [-0.15, -0.1) is 22.7 Å². The van der Waals surface area contributed by atoms with Crippen molar-refractivity contribution in [3.8, 4) is 10.6 Å². The first-order chi connectivity index (χ1) is 11.8.